The van der Waals surface area contributed by atoms with Gasteiger partial charge in [-0.3, -0.25) is 10.4 Å². The van der Waals surface area contributed by atoms with E-state index in [2.05, 4.69) is 4.99 Å². The van der Waals surface area contributed by atoms with Crippen molar-refractivity contribution in [1.82, 2.24) is 4.90 Å². The molecule has 5 nitrogen and oxygen atoms in total. The quantitative estimate of drug-likeness (QED) is 0.333. The van der Waals surface area contributed by atoms with Gasteiger partial charge in [0, 0.05) is 7.05 Å². The molecule has 0 aromatic carbocycles. The second kappa shape index (κ2) is 4.52. The Morgan fingerprint density at radius 2 is 2.36 bits per heavy atom. The fourth-order valence-electron chi connectivity index (χ4n) is 1.39. The van der Waals surface area contributed by atoms with Crippen LogP contribution in [0.15, 0.2) is 4.99 Å². The van der Waals surface area contributed by atoms with Gasteiger partial charge in [0.05, 0.1) is 18.0 Å². The summed E-state index contributed by atoms with van der Waals surface area (Å²) in [6, 6.07) is 0. The molecule has 5 N–H and O–H groups in total. The number of nitrogens with zero attached hydrogens (tertiary/aromatic N) is 2. The zero-order chi connectivity index (χ0) is 10.7. The summed E-state index contributed by atoms with van der Waals surface area (Å²) in [7, 11) is 1.80. The van der Waals surface area contributed by atoms with Crippen molar-refractivity contribution in [2.75, 3.05) is 7.05 Å². The van der Waals surface area contributed by atoms with E-state index in [0.29, 0.717) is 5.84 Å². The van der Waals surface area contributed by atoms with Gasteiger partial charge in [-0.15, -0.1) is 0 Å². The minimum absolute atomic E-state index is 0.138. The van der Waals surface area contributed by atoms with E-state index in [9.17, 15) is 0 Å². The molecule has 0 spiro atoms. The van der Waals surface area contributed by atoms with Crippen molar-refractivity contribution < 1.29 is 0 Å². The molecular formula is C9H19N5. The van der Waals surface area contributed by atoms with Crippen LogP contribution in [0.1, 0.15) is 26.2 Å². The summed E-state index contributed by atoms with van der Waals surface area (Å²) in [6.45, 7) is 1.85. The van der Waals surface area contributed by atoms with Gasteiger partial charge in [0.1, 0.15) is 5.84 Å². The second-order valence-corrected chi connectivity index (χ2v) is 3.74. The lowest BCUT2D eigenvalue weighted by Crippen LogP contribution is -2.45. The van der Waals surface area contributed by atoms with Crippen LogP contribution in [-0.4, -0.2) is 35.8 Å². The van der Waals surface area contributed by atoms with Crippen molar-refractivity contribution in [2.24, 2.45) is 16.5 Å². The summed E-state index contributed by atoms with van der Waals surface area (Å²) in [5.74, 6) is 0.398. The van der Waals surface area contributed by atoms with Crippen LogP contribution in [-0.2, 0) is 0 Å². The lowest BCUT2D eigenvalue weighted by molar-refractivity contribution is 0.401. The molecule has 0 amide bonds. The Kier molecular flexibility index (Phi) is 3.60. The van der Waals surface area contributed by atoms with Crippen LogP contribution in [0, 0.1) is 5.41 Å². The number of hydrogen-bond donors (Lipinski definition) is 3. The lowest BCUT2D eigenvalue weighted by Gasteiger charge is -2.27. The third kappa shape index (κ3) is 2.52. The molecule has 2 unspecified atom stereocenters. The van der Waals surface area contributed by atoms with Crippen LogP contribution in [0.2, 0.25) is 0 Å². The SMILES string of the molecule is CC(N)N(C)C(=N)C1=NC(N)CCC1. The molecule has 2 atom stereocenters. The number of hydrogen-bond acceptors (Lipinski definition) is 4. The average molecular weight is 197 g/mol. The molecule has 0 fully saturated rings. The molecule has 0 aromatic heterocycles. The highest BCUT2D eigenvalue weighted by atomic mass is 15.2. The van der Waals surface area contributed by atoms with E-state index in [4.69, 9.17) is 16.9 Å². The first-order valence-electron chi connectivity index (χ1n) is 4.92. The first-order valence-corrected chi connectivity index (χ1v) is 4.92. The maximum Gasteiger partial charge on any atom is 0.143 e. The molecular weight excluding hydrogens is 178 g/mol. The number of nitrogens with one attached hydrogen (secondary N) is 1. The smallest absolute Gasteiger partial charge is 0.143 e. The molecule has 0 saturated carbocycles. The van der Waals surface area contributed by atoms with E-state index in [1.54, 1.807) is 11.9 Å². The fourth-order valence-corrected chi connectivity index (χ4v) is 1.39. The standard InChI is InChI=1S/C9H19N5/c1-6(10)14(2)9(12)7-4-3-5-8(11)13-7/h6,8,12H,3-5,10-11H2,1-2H3. The van der Waals surface area contributed by atoms with Crippen molar-refractivity contribution in [1.29, 1.82) is 5.41 Å². The minimum Gasteiger partial charge on any atom is -0.344 e. The predicted molar refractivity (Wildman–Crippen MR) is 58.4 cm³/mol. The van der Waals surface area contributed by atoms with E-state index in [1.807, 2.05) is 6.92 Å². The van der Waals surface area contributed by atoms with E-state index in [1.165, 1.54) is 0 Å². The number of aliphatic imine (C=N–C) groups is 1. The van der Waals surface area contributed by atoms with Gasteiger partial charge in [0.25, 0.3) is 0 Å². The van der Waals surface area contributed by atoms with Crippen molar-refractivity contribution in [3.05, 3.63) is 0 Å². The van der Waals surface area contributed by atoms with Crippen molar-refractivity contribution >= 4 is 11.5 Å². The molecule has 5 heteroatoms. The number of rotatable bonds is 2. The van der Waals surface area contributed by atoms with Crippen LogP contribution in [0.25, 0.3) is 0 Å². The Labute approximate surface area is 84.7 Å². The van der Waals surface area contributed by atoms with E-state index >= 15 is 0 Å². The summed E-state index contributed by atoms with van der Waals surface area (Å²) in [5.41, 5.74) is 12.2. The molecule has 0 aliphatic carbocycles. The van der Waals surface area contributed by atoms with Crippen LogP contribution >= 0.6 is 0 Å². The first-order chi connectivity index (χ1) is 6.52. The third-order valence-corrected chi connectivity index (χ3v) is 2.47. The van der Waals surface area contributed by atoms with Crippen molar-refractivity contribution in [3.8, 4) is 0 Å². The summed E-state index contributed by atoms with van der Waals surface area (Å²) >= 11 is 0. The molecule has 1 aliphatic rings. The molecule has 0 bridgehead atoms. The Morgan fingerprint density at radius 1 is 1.71 bits per heavy atom. The van der Waals surface area contributed by atoms with Crippen LogP contribution in [0.3, 0.4) is 0 Å². The van der Waals surface area contributed by atoms with E-state index in [-0.39, 0.29) is 12.3 Å². The summed E-state index contributed by atoms with van der Waals surface area (Å²) in [4.78, 5) is 5.96. The van der Waals surface area contributed by atoms with E-state index in [0.717, 1.165) is 25.0 Å². The van der Waals surface area contributed by atoms with Gasteiger partial charge in [-0.2, -0.15) is 0 Å². The highest BCUT2D eigenvalue weighted by molar-refractivity contribution is 6.40. The van der Waals surface area contributed by atoms with Crippen LogP contribution in [0.4, 0.5) is 0 Å². The molecule has 1 aliphatic heterocycles. The zero-order valence-corrected chi connectivity index (χ0v) is 8.83. The van der Waals surface area contributed by atoms with Gasteiger partial charge in [0.2, 0.25) is 0 Å². The maximum absolute atomic E-state index is 7.87. The van der Waals surface area contributed by atoms with Crippen LogP contribution in [0.5, 0.6) is 0 Å². The van der Waals surface area contributed by atoms with Gasteiger partial charge in [-0.25, -0.2) is 0 Å². The molecule has 1 rings (SSSR count). The molecule has 0 radical (unpaired) electrons. The predicted octanol–water partition coefficient (Wildman–Crippen LogP) is 0.110. The Bertz CT molecular complexity index is 246. The Morgan fingerprint density at radius 3 is 2.86 bits per heavy atom. The molecule has 14 heavy (non-hydrogen) atoms. The molecule has 80 valence electrons. The van der Waals surface area contributed by atoms with Crippen molar-refractivity contribution in [2.45, 2.75) is 38.5 Å². The normalized spacial score (nSPS) is 24.0. The summed E-state index contributed by atoms with van der Waals surface area (Å²) in [5, 5.41) is 7.87. The monoisotopic (exact) mass is 197 g/mol. The second-order valence-electron chi connectivity index (χ2n) is 3.74. The zero-order valence-electron chi connectivity index (χ0n) is 8.83. The van der Waals surface area contributed by atoms with Gasteiger partial charge in [-0.05, 0) is 26.2 Å². The highest BCUT2D eigenvalue weighted by Gasteiger charge is 2.19. The van der Waals surface area contributed by atoms with Crippen LogP contribution < -0.4 is 11.5 Å². The lowest BCUT2D eigenvalue weighted by atomic mass is 10.1. The first kappa shape index (κ1) is 11.1. The Hall–Kier alpha value is -0.940. The maximum atomic E-state index is 7.87. The summed E-state index contributed by atoms with van der Waals surface area (Å²) in [6.07, 6.45) is 2.46. The minimum atomic E-state index is -0.164. The highest BCUT2D eigenvalue weighted by Crippen LogP contribution is 2.11. The Balaban J connectivity index is 2.69. The van der Waals surface area contributed by atoms with Gasteiger partial charge >= 0.3 is 0 Å². The van der Waals surface area contributed by atoms with Gasteiger partial charge in [-0.1, -0.05) is 0 Å². The van der Waals surface area contributed by atoms with Gasteiger partial charge < -0.3 is 16.4 Å². The summed E-state index contributed by atoms with van der Waals surface area (Å²) < 4.78 is 0. The molecule has 0 aromatic rings. The topological polar surface area (TPSA) is 91.5 Å². The van der Waals surface area contributed by atoms with Crippen molar-refractivity contribution in [3.63, 3.8) is 0 Å². The molecule has 1 heterocycles. The largest absolute Gasteiger partial charge is 0.344 e. The number of nitrogens with two attached hydrogens (primary N) is 2. The fraction of sp³-hybridized carbons (Fsp3) is 0.778. The van der Waals surface area contributed by atoms with Gasteiger partial charge in [0.15, 0.2) is 0 Å². The average Bonchev–Trinajstić information content (AvgIpc) is 2.15. The number of amidine groups is 1. The third-order valence-electron chi connectivity index (χ3n) is 2.47. The molecule has 0 saturated heterocycles. The van der Waals surface area contributed by atoms with E-state index < -0.39 is 0 Å².